The molecular weight excluding hydrogens is 322 g/mol. The minimum Gasteiger partial charge on any atom is -0.333 e. The number of hydrogen-bond acceptors (Lipinski definition) is 7. The molecule has 0 aliphatic carbocycles. The van der Waals surface area contributed by atoms with Crippen LogP contribution in [0, 0.1) is 0 Å². The summed E-state index contributed by atoms with van der Waals surface area (Å²) in [5.74, 6) is 1.22. The van der Waals surface area contributed by atoms with Crippen LogP contribution in [0.3, 0.4) is 0 Å². The molecule has 0 spiro atoms. The van der Waals surface area contributed by atoms with E-state index in [1.54, 1.807) is 18.6 Å². The van der Waals surface area contributed by atoms with Gasteiger partial charge in [-0.25, -0.2) is 4.98 Å². The molecule has 3 aromatic heterocycles. The van der Waals surface area contributed by atoms with Crippen molar-refractivity contribution in [2.24, 2.45) is 0 Å². The quantitative estimate of drug-likeness (QED) is 0.771. The van der Waals surface area contributed by atoms with Crippen LogP contribution in [0.1, 0.15) is 12.7 Å². The zero-order valence-corrected chi connectivity index (χ0v) is 13.8. The molecule has 1 N–H and O–H groups in total. The SMILES string of the molecule is CNC(C)Cc1noc(-c2cnc(-c3ccncc3)s2)n1.Cl. The fourth-order valence-corrected chi connectivity index (χ4v) is 2.66. The molecule has 8 heteroatoms. The Morgan fingerprint density at radius 2 is 2.09 bits per heavy atom. The number of aromatic nitrogens is 4. The molecule has 0 aliphatic heterocycles. The first-order chi connectivity index (χ1) is 10.3. The first-order valence-electron chi connectivity index (χ1n) is 6.62. The molecule has 0 amide bonds. The van der Waals surface area contributed by atoms with Crippen molar-refractivity contribution < 1.29 is 4.52 Å². The van der Waals surface area contributed by atoms with Crippen LogP contribution in [0.2, 0.25) is 0 Å². The molecule has 0 aliphatic rings. The van der Waals surface area contributed by atoms with Crippen LogP contribution in [-0.4, -0.2) is 33.2 Å². The summed E-state index contributed by atoms with van der Waals surface area (Å²) >= 11 is 1.53. The zero-order chi connectivity index (χ0) is 14.7. The predicted octanol–water partition coefficient (Wildman–Crippen LogP) is 2.83. The highest BCUT2D eigenvalue weighted by molar-refractivity contribution is 7.18. The molecule has 0 fully saturated rings. The molecule has 0 aromatic carbocycles. The Morgan fingerprint density at radius 3 is 2.82 bits per heavy atom. The van der Waals surface area contributed by atoms with Crippen LogP contribution in [0.5, 0.6) is 0 Å². The number of rotatable bonds is 5. The summed E-state index contributed by atoms with van der Waals surface area (Å²) < 4.78 is 5.31. The molecule has 22 heavy (non-hydrogen) atoms. The molecule has 1 unspecified atom stereocenters. The first kappa shape index (κ1) is 16.5. The van der Waals surface area contributed by atoms with Crippen molar-refractivity contribution in [2.75, 3.05) is 7.05 Å². The van der Waals surface area contributed by atoms with Crippen molar-refractivity contribution in [3.05, 3.63) is 36.5 Å². The number of halogens is 1. The van der Waals surface area contributed by atoms with Gasteiger partial charge in [0.1, 0.15) is 9.88 Å². The van der Waals surface area contributed by atoms with Crippen molar-refractivity contribution in [3.8, 4) is 21.3 Å². The lowest BCUT2D eigenvalue weighted by Gasteiger charge is -2.04. The van der Waals surface area contributed by atoms with E-state index in [0.717, 1.165) is 21.9 Å². The van der Waals surface area contributed by atoms with Crippen molar-refractivity contribution in [1.29, 1.82) is 0 Å². The lowest BCUT2D eigenvalue weighted by molar-refractivity contribution is 0.419. The second-order valence-electron chi connectivity index (χ2n) is 4.68. The number of thiazole rings is 1. The van der Waals surface area contributed by atoms with Crippen LogP contribution >= 0.6 is 23.7 Å². The van der Waals surface area contributed by atoms with Gasteiger partial charge in [-0.1, -0.05) is 5.16 Å². The van der Waals surface area contributed by atoms with E-state index in [1.165, 1.54) is 11.3 Å². The maximum absolute atomic E-state index is 5.31. The molecule has 0 saturated carbocycles. The topological polar surface area (TPSA) is 76.7 Å². The van der Waals surface area contributed by atoms with E-state index in [2.05, 4.69) is 32.3 Å². The van der Waals surface area contributed by atoms with Gasteiger partial charge in [0, 0.05) is 30.4 Å². The molecular formula is C14H16ClN5OS. The van der Waals surface area contributed by atoms with Gasteiger partial charge in [-0.15, -0.1) is 23.7 Å². The Kier molecular flexibility index (Phi) is 5.59. The summed E-state index contributed by atoms with van der Waals surface area (Å²) in [6.45, 7) is 2.07. The van der Waals surface area contributed by atoms with Crippen LogP contribution < -0.4 is 5.32 Å². The van der Waals surface area contributed by atoms with Gasteiger partial charge in [-0.05, 0) is 26.1 Å². The summed E-state index contributed by atoms with van der Waals surface area (Å²) in [7, 11) is 1.91. The Labute approximate surface area is 138 Å². The average Bonchev–Trinajstić information content (AvgIpc) is 3.17. The highest BCUT2D eigenvalue weighted by Crippen LogP contribution is 2.30. The third kappa shape index (κ3) is 3.68. The lowest BCUT2D eigenvalue weighted by Crippen LogP contribution is -2.24. The molecule has 3 rings (SSSR count). The van der Waals surface area contributed by atoms with Crippen LogP contribution in [-0.2, 0) is 6.42 Å². The third-order valence-corrected chi connectivity index (χ3v) is 4.13. The maximum atomic E-state index is 5.31. The van der Waals surface area contributed by atoms with E-state index >= 15 is 0 Å². The van der Waals surface area contributed by atoms with Gasteiger partial charge >= 0.3 is 0 Å². The molecule has 0 saturated heterocycles. The van der Waals surface area contributed by atoms with Gasteiger partial charge in [0.2, 0.25) is 0 Å². The van der Waals surface area contributed by atoms with E-state index in [-0.39, 0.29) is 12.4 Å². The summed E-state index contributed by atoms with van der Waals surface area (Å²) in [5.41, 5.74) is 1.03. The van der Waals surface area contributed by atoms with Crippen molar-refractivity contribution in [3.63, 3.8) is 0 Å². The normalized spacial score (nSPS) is 11.9. The highest BCUT2D eigenvalue weighted by Gasteiger charge is 2.14. The van der Waals surface area contributed by atoms with E-state index in [0.29, 0.717) is 17.8 Å². The van der Waals surface area contributed by atoms with Crippen LogP contribution in [0.25, 0.3) is 21.3 Å². The second-order valence-corrected chi connectivity index (χ2v) is 5.71. The largest absolute Gasteiger partial charge is 0.333 e. The number of pyridine rings is 1. The van der Waals surface area contributed by atoms with Crippen molar-refractivity contribution in [2.45, 2.75) is 19.4 Å². The minimum absolute atomic E-state index is 0. The minimum atomic E-state index is 0. The van der Waals surface area contributed by atoms with Crippen LogP contribution in [0.4, 0.5) is 0 Å². The molecule has 0 bridgehead atoms. The fraction of sp³-hybridized carbons (Fsp3) is 0.286. The summed E-state index contributed by atoms with van der Waals surface area (Å²) in [6, 6.07) is 4.16. The third-order valence-electron chi connectivity index (χ3n) is 3.09. The van der Waals surface area contributed by atoms with E-state index < -0.39 is 0 Å². The Bertz CT molecular complexity index is 715. The number of likely N-dealkylation sites (N-methyl/N-ethyl adjacent to an activating group) is 1. The standard InChI is InChI=1S/C14H15N5OS.ClH/c1-9(15-2)7-12-18-13(20-19-12)11-8-17-14(21-11)10-3-5-16-6-4-10;/h3-6,8-9,15H,7H2,1-2H3;1H. The van der Waals surface area contributed by atoms with Gasteiger partial charge in [0.25, 0.3) is 5.89 Å². The fourth-order valence-electron chi connectivity index (χ4n) is 1.81. The number of nitrogens with zero attached hydrogens (tertiary/aromatic N) is 4. The summed E-state index contributed by atoms with van der Waals surface area (Å²) in [5, 5.41) is 8.07. The van der Waals surface area contributed by atoms with Gasteiger partial charge < -0.3 is 9.84 Å². The smallest absolute Gasteiger partial charge is 0.269 e. The maximum Gasteiger partial charge on any atom is 0.269 e. The molecule has 1 atom stereocenters. The molecule has 3 aromatic rings. The number of nitrogens with one attached hydrogen (secondary N) is 1. The van der Waals surface area contributed by atoms with E-state index in [4.69, 9.17) is 4.52 Å². The highest BCUT2D eigenvalue weighted by atomic mass is 35.5. The Morgan fingerprint density at radius 1 is 1.32 bits per heavy atom. The molecule has 3 heterocycles. The Hall–Kier alpha value is -1.83. The van der Waals surface area contributed by atoms with Gasteiger partial charge in [-0.2, -0.15) is 4.98 Å². The molecule has 116 valence electrons. The predicted molar refractivity (Wildman–Crippen MR) is 88.1 cm³/mol. The summed E-state index contributed by atoms with van der Waals surface area (Å²) in [6.07, 6.45) is 6.00. The van der Waals surface area contributed by atoms with E-state index in [9.17, 15) is 0 Å². The van der Waals surface area contributed by atoms with Crippen LogP contribution in [0.15, 0.2) is 35.2 Å². The Balaban J connectivity index is 0.00000176. The monoisotopic (exact) mass is 337 g/mol. The average molecular weight is 338 g/mol. The number of hydrogen-bond donors (Lipinski definition) is 1. The zero-order valence-electron chi connectivity index (χ0n) is 12.2. The van der Waals surface area contributed by atoms with Gasteiger partial charge in [0.15, 0.2) is 5.82 Å². The first-order valence-corrected chi connectivity index (χ1v) is 7.44. The van der Waals surface area contributed by atoms with E-state index in [1.807, 2.05) is 19.2 Å². The van der Waals surface area contributed by atoms with Gasteiger partial charge in [-0.3, -0.25) is 4.98 Å². The lowest BCUT2D eigenvalue weighted by atomic mass is 10.2. The summed E-state index contributed by atoms with van der Waals surface area (Å²) in [4.78, 5) is 13.7. The second kappa shape index (κ2) is 7.44. The van der Waals surface area contributed by atoms with Crippen molar-refractivity contribution >= 4 is 23.7 Å². The molecule has 6 nitrogen and oxygen atoms in total. The van der Waals surface area contributed by atoms with Gasteiger partial charge in [0.05, 0.1) is 6.20 Å². The molecule has 0 radical (unpaired) electrons. The van der Waals surface area contributed by atoms with Crippen molar-refractivity contribution in [1.82, 2.24) is 25.4 Å².